The molecule has 2 rings (SSSR count). The molecule has 1 aromatic carbocycles. The molecule has 1 fully saturated rings. The first-order valence-electron chi connectivity index (χ1n) is 5.75. The molecule has 1 saturated heterocycles. The second-order valence-electron chi connectivity index (χ2n) is 4.23. The summed E-state index contributed by atoms with van der Waals surface area (Å²) in [5, 5.41) is 0. The largest absolute Gasteiger partial charge is 0.492 e. The van der Waals surface area contributed by atoms with Crippen LogP contribution >= 0.6 is 0 Å². The Morgan fingerprint density at radius 2 is 2.00 bits per heavy atom. The maximum atomic E-state index is 11.5. The van der Waals surface area contributed by atoms with Gasteiger partial charge in [-0.2, -0.15) is 4.31 Å². The van der Waals surface area contributed by atoms with Gasteiger partial charge in [0, 0.05) is 13.1 Å². The van der Waals surface area contributed by atoms with Crippen molar-refractivity contribution in [3.05, 3.63) is 29.8 Å². The summed E-state index contributed by atoms with van der Waals surface area (Å²) < 4.78 is 30.0. The van der Waals surface area contributed by atoms with E-state index in [-0.39, 0.29) is 5.75 Å². The van der Waals surface area contributed by atoms with Gasteiger partial charge in [-0.15, -0.1) is 0 Å². The van der Waals surface area contributed by atoms with Gasteiger partial charge in [-0.25, -0.2) is 8.42 Å². The van der Waals surface area contributed by atoms with Crippen molar-refractivity contribution in [3.63, 3.8) is 0 Å². The Morgan fingerprint density at radius 3 is 2.59 bits per heavy atom. The average molecular weight is 255 g/mol. The lowest BCUT2D eigenvalue weighted by Crippen LogP contribution is -2.30. The van der Waals surface area contributed by atoms with Gasteiger partial charge < -0.3 is 4.74 Å². The van der Waals surface area contributed by atoms with Crippen LogP contribution in [0.2, 0.25) is 0 Å². The average Bonchev–Trinajstić information content (AvgIpc) is 2.61. The van der Waals surface area contributed by atoms with Gasteiger partial charge in [0.1, 0.15) is 12.4 Å². The lowest BCUT2D eigenvalue weighted by molar-refractivity contribution is 0.279. The van der Waals surface area contributed by atoms with Gasteiger partial charge in [-0.05, 0) is 25.5 Å². The zero-order valence-electron chi connectivity index (χ0n) is 9.93. The van der Waals surface area contributed by atoms with E-state index >= 15 is 0 Å². The van der Waals surface area contributed by atoms with Gasteiger partial charge in [-0.3, -0.25) is 0 Å². The van der Waals surface area contributed by atoms with Crippen molar-refractivity contribution in [2.75, 3.05) is 25.4 Å². The minimum absolute atomic E-state index is 0.275. The first kappa shape index (κ1) is 12.4. The molecule has 4 nitrogen and oxygen atoms in total. The minimum atomic E-state index is -2.99. The second-order valence-corrected chi connectivity index (χ2v) is 6.32. The Kier molecular flexibility index (Phi) is 3.69. The maximum absolute atomic E-state index is 11.5. The van der Waals surface area contributed by atoms with Crippen LogP contribution in [0.4, 0.5) is 0 Å². The van der Waals surface area contributed by atoms with E-state index in [0.717, 1.165) is 12.2 Å². The van der Waals surface area contributed by atoms with E-state index in [1.54, 1.807) is 0 Å². The Morgan fingerprint density at radius 1 is 1.29 bits per heavy atom. The van der Waals surface area contributed by atoms with E-state index in [1.165, 1.54) is 9.87 Å². The van der Waals surface area contributed by atoms with Crippen LogP contribution in [-0.2, 0) is 10.0 Å². The van der Waals surface area contributed by atoms with Crippen LogP contribution in [0, 0.1) is 6.92 Å². The SMILES string of the molecule is Cc1ccc(OCCN2CCCS2(=O)=O)cc1. The normalized spacial score (nSPS) is 19.4. The van der Waals surface area contributed by atoms with E-state index < -0.39 is 10.0 Å². The smallest absolute Gasteiger partial charge is 0.214 e. The van der Waals surface area contributed by atoms with E-state index in [4.69, 9.17) is 4.74 Å². The Labute approximate surface area is 102 Å². The number of hydrogen-bond donors (Lipinski definition) is 0. The van der Waals surface area contributed by atoms with Crippen LogP contribution < -0.4 is 4.74 Å². The molecule has 0 bridgehead atoms. The number of sulfonamides is 1. The number of hydrogen-bond acceptors (Lipinski definition) is 3. The quantitative estimate of drug-likeness (QED) is 0.817. The van der Waals surface area contributed by atoms with Crippen LogP contribution in [0.5, 0.6) is 5.75 Å². The topological polar surface area (TPSA) is 46.6 Å². The standard InChI is InChI=1S/C12H17NO3S/c1-11-3-5-12(6-4-11)16-9-8-13-7-2-10-17(13,14)15/h3-6H,2,7-10H2,1H3. The van der Waals surface area contributed by atoms with Crippen molar-refractivity contribution in [2.24, 2.45) is 0 Å². The lowest BCUT2D eigenvalue weighted by Gasteiger charge is -2.14. The van der Waals surface area contributed by atoms with Gasteiger partial charge in [0.15, 0.2) is 0 Å². The molecule has 17 heavy (non-hydrogen) atoms. The lowest BCUT2D eigenvalue weighted by atomic mass is 10.2. The Balaban J connectivity index is 1.82. The molecule has 1 aliphatic rings. The zero-order valence-corrected chi connectivity index (χ0v) is 10.7. The molecule has 5 heteroatoms. The molecule has 0 amide bonds. The Bertz CT molecular complexity index is 467. The molecular weight excluding hydrogens is 238 g/mol. The summed E-state index contributed by atoms with van der Waals surface area (Å²) in [4.78, 5) is 0. The third kappa shape index (κ3) is 3.20. The fraction of sp³-hybridized carbons (Fsp3) is 0.500. The minimum Gasteiger partial charge on any atom is -0.492 e. The fourth-order valence-electron chi connectivity index (χ4n) is 1.84. The molecule has 0 radical (unpaired) electrons. The van der Waals surface area contributed by atoms with Crippen LogP contribution in [0.1, 0.15) is 12.0 Å². The van der Waals surface area contributed by atoms with E-state index in [2.05, 4.69) is 0 Å². The van der Waals surface area contributed by atoms with Gasteiger partial charge >= 0.3 is 0 Å². The summed E-state index contributed by atoms with van der Waals surface area (Å²) in [6, 6.07) is 7.74. The van der Waals surface area contributed by atoms with Gasteiger partial charge in [-0.1, -0.05) is 17.7 Å². The molecule has 1 aliphatic heterocycles. The predicted molar refractivity (Wildman–Crippen MR) is 66.7 cm³/mol. The summed E-state index contributed by atoms with van der Waals surface area (Å²) in [6.45, 7) is 3.48. The number of ether oxygens (including phenoxy) is 1. The van der Waals surface area contributed by atoms with Crippen molar-refractivity contribution in [1.29, 1.82) is 0 Å². The van der Waals surface area contributed by atoms with Crippen LogP contribution in [-0.4, -0.2) is 38.2 Å². The summed E-state index contributed by atoms with van der Waals surface area (Å²) in [7, 11) is -2.99. The molecule has 0 atom stereocenters. The van der Waals surface area contributed by atoms with E-state index in [9.17, 15) is 8.42 Å². The summed E-state index contributed by atoms with van der Waals surface area (Å²) in [5.41, 5.74) is 1.18. The Hall–Kier alpha value is -1.07. The van der Waals surface area contributed by atoms with Crippen LogP contribution in [0.3, 0.4) is 0 Å². The van der Waals surface area contributed by atoms with E-state index in [1.807, 2.05) is 31.2 Å². The molecule has 0 saturated carbocycles. The third-order valence-electron chi connectivity index (χ3n) is 2.83. The zero-order chi connectivity index (χ0) is 12.3. The van der Waals surface area contributed by atoms with Gasteiger partial charge in [0.2, 0.25) is 10.0 Å². The molecule has 0 N–H and O–H groups in total. The van der Waals surface area contributed by atoms with Gasteiger partial charge in [0.25, 0.3) is 0 Å². The highest BCUT2D eigenvalue weighted by molar-refractivity contribution is 7.89. The first-order chi connectivity index (χ1) is 8.08. The van der Waals surface area contributed by atoms with Gasteiger partial charge in [0.05, 0.1) is 5.75 Å². The molecule has 0 aliphatic carbocycles. The van der Waals surface area contributed by atoms with Crippen LogP contribution in [0.25, 0.3) is 0 Å². The van der Waals surface area contributed by atoms with Crippen molar-refractivity contribution < 1.29 is 13.2 Å². The highest BCUT2D eigenvalue weighted by atomic mass is 32.2. The summed E-state index contributed by atoms with van der Waals surface area (Å²) in [5.74, 6) is 1.06. The molecule has 1 aromatic rings. The first-order valence-corrected chi connectivity index (χ1v) is 7.36. The predicted octanol–water partition coefficient (Wildman–Crippen LogP) is 1.41. The van der Waals surface area contributed by atoms with E-state index in [0.29, 0.717) is 19.7 Å². The fourth-order valence-corrected chi connectivity index (χ4v) is 3.35. The molecule has 0 unspecified atom stereocenters. The molecular formula is C12H17NO3S. The second kappa shape index (κ2) is 5.06. The number of nitrogens with zero attached hydrogens (tertiary/aromatic N) is 1. The van der Waals surface area contributed by atoms with Crippen LogP contribution in [0.15, 0.2) is 24.3 Å². The molecule has 1 heterocycles. The number of rotatable bonds is 4. The molecule has 0 aromatic heterocycles. The highest BCUT2D eigenvalue weighted by Gasteiger charge is 2.27. The monoisotopic (exact) mass is 255 g/mol. The maximum Gasteiger partial charge on any atom is 0.214 e. The third-order valence-corrected chi connectivity index (χ3v) is 4.79. The number of aryl methyl sites for hydroxylation is 1. The summed E-state index contributed by atoms with van der Waals surface area (Å²) in [6.07, 6.45) is 0.729. The highest BCUT2D eigenvalue weighted by Crippen LogP contribution is 2.14. The molecule has 0 spiro atoms. The summed E-state index contributed by atoms with van der Waals surface area (Å²) >= 11 is 0. The van der Waals surface area contributed by atoms with Crippen molar-refractivity contribution in [3.8, 4) is 5.75 Å². The van der Waals surface area contributed by atoms with Crippen molar-refractivity contribution in [2.45, 2.75) is 13.3 Å². The van der Waals surface area contributed by atoms with Crippen molar-refractivity contribution >= 4 is 10.0 Å². The van der Waals surface area contributed by atoms with Crippen molar-refractivity contribution in [1.82, 2.24) is 4.31 Å². The number of benzene rings is 1. The molecule has 94 valence electrons.